The first-order chi connectivity index (χ1) is 8.72. The highest BCUT2D eigenvalue weighted by Gasteiger charge is 2.06. The molecule has 2 N–H and O–H groups in total. The molecule has 1 heterocycles. The summed E-state index contributed by atoms with van der Waals surface area (Å²) < 4.78 is 5.75. The van der Waals surface area contributed by atoms with Gasteiger partial charge < -0.3 is 10.5 Å². The summed E-state index contributed by atoms with van der Waals surface area (Å²) in [6.07, 6.45) is 0.908. The van der Waals surface area contributed by atoms with Gasteiger partial charge in [-0.3, -0.25) is 0 Å². The molecular weight excluding hydrogens is 226 g/mol. The summed E-state index contributed by atoms with van der Waals surface area (Å²) in [6, 6.07) is 10.1. The SMILES string of the molecule is CCc1ccccc1Oc1nc(C)cc(CN)n1. The van der Waals surface area contributed by atoms with E-state index in [0.29, 0.717) is 12.6 Å². The molecule has 4 heteroatoms. The minimum atomic E-state index is 0.358. The van der Waals surface area contributed by atoms with Crippen LogP contribution in [0.1, 0.15) is 23.9 Å². The van der Waals surface area contributed by atoms with Crippen molar-refractivity contribution in [2.45, 2.75) is 26.8 Å². The predicted molar refractivity (Wildman–Crippen MR) is 70.6 cm³/mol. The molecule has 0 atom stereocenters. The fraction of sp³-hybridized carbons (Fsp3) is 0.286. The number of hydrogen-bond acceptors (Lipinski definition) is 4. The minimum absolute atomic E-state index is 0.358. The number of para-hydroxylation sites is 1. The van der Waals surface area contributed by atoms with E-state index < -0.39 is 0 Å². The Kier molecular flexibility index (Phi) is 3.89. The quantitative estimate of drug-likeness (QED) is 0.896. The molecule has 0 aliphatic carbocycles. The fourth-order valence-corrected chi connectivity index (χ4v) is 1.75. The van der Waals surface area contributed by atoms with Crippen molar-refractivity contribution in [3.05, 3.63) is 47.3 Å². The van der Waals surface area contributed by atoms with Gasteiger partial charge in [0, 0.05) is 12.2 Å². The van der Waals surface area contributed by atoms with Gasteiger partial charge in [0.1, 0.15) is 5.75 Å². The van der Waals surface area contributed by atoms with Crippen LogP contribution in [-0.2, 0) is 13.0 Å². The summed E-state index contributed by atoms with van der Waals surface area (Å²) in [7, 11) is 0. The topological polar surface area (TPSA) is 61.0 Å². The van der Waals surface area contributed by atoms with Gasteiger partial charge in [-0.25, -0.2) is 4.98 Å². The van der Waals surface area contributed by atoms with Crippen LogP contribution < -0.4 is 10.5 Å². The average Bonchev–Trinajstić information content (AvgIpc) is 2.38. The van der Waals surface area contributed by atoms with Gasteiger partial charge in [0.15, 0.2) is 0 Å². The van der Waals surface area contributed by atoms with Crippen LogP contribution in [0.2, 0.25) is 0 Å². The number of nitrogens with zero attached hydrogens (tertiary/aromatic N) is 2. The molecule has 0 saturated carbocycles. The monoisotopic (exact) mass is 243 g/mol. The molecule has 0 radical (unpaired) electrons. The van der Waals surface area contributed by atoms with Gasteiger partial charge in [0.2, 0.25) is 0 Å². The van der Waals surface area contributed by atoms with Crippen molar-refractivity contribution in [1.29, 1.82) is 0 Å². The lowest BCUT2D eigenvalue weighted by atomic mass is 10.1. The molecule has 0 saturated heterocycles. The summed E-state index contributed by atoms with van der Waals surface area (Å²) in [6.45, 7) is 4.37. The van der Waals surface area contributed by atoms with Crippen molar-refractivity contribution in [3.63, 3.8) is 0 Å². The first kappa shape index (κ1) is 12.5. The van der Waals surface area contributed by atoms with E-state index in [1.807, 2.05) is 37.3 Å². The summed E-state index contributed by atoms with van der Waals surface area (Å²) >= 11 is 0. The molecule has 2 aromatic rings. The Morgan fingerprint density at radius 1 is 1.22 bits per heavy atom. The molecule has 94 valence electrons. The van der Waals surface area contributed by atoms with Gasteiger partial charge in [0.25, 0.3) is 0 Å². The van der Waals surface area contributed by atoms with Crippen molar-refractivity contribution in [2.75, 3.05) is 0 Å². The zero-order valence-electron chi connectivity index (χ0n) is 10.7. The molecule has 0 bridgehead atoms. The average molecular weight is 243 g/mol. The first-order valence-corrected chi connectivity index (χ1v) is 6.03. The van der Waals surface area contributed by atoms with Crippen LogP contribution in [0, 0.1) is 6.92 Å². The summed E-state index contributed by atoms with van der Waals surface area (Å²) in [4.78, 5) is 8.53. The Morgan fingerprint density at radius 3 is 2.72 bits per heavy atom. The van der Waals surface area contributed by atoms with Gasteiger partial charge in [0.05, 0.1) is 5.69 Å². The van der Waals surface area contributed by atoms with Crippen LogP contribution in [0.15, 0.2) is 30.3 Å². The largest absolute Gasteiger partial charge is 0.424 e. The van der Waals surface area contributed by atoms with E-state index in [0.717, 1.165) is 29.1 Å². The van der Waals surface area contributed by atoms with Gasteiger partial charge in [-0.15, -0.1) is 0 Å². The van der Waals surface area contributed by atoms with Crippen molar-refractivity contribution >= 4 is 0 Å². The van der Waals surface area contributed by atoms with E-state index in [-0.39, 0.29) is 0 Å². The van der Waals surface area contributed by atoms with Gasteiger partial charge in [-0.2, -0.15) is 4.98 Å². The zero-order valence-corrected chi connectivity index (χ0v) is 10.7. The second kappa shape index (κ2) is 5.60. The van der Waals surface area contributed by atoms with Gasteiger partial charge in [-0.05, 0) is 31.0 Å². The second-order valence-corrected chi connectivity index (χ2v) is 4.05. The molecule has 0 spiro atoms. The number of aromatic nitrogens is 2. The smallest absolute Gasteiger partial charge is 0.322 e. The molecule has 1 aromatic carbocycles. The third-order valence-electron chi connectivity index (χ3n) is 2.65. The number of nitrogens with two attached hydrogens (primary N) is 1. The molecule has 18 heavy (non-hydrogen) atoms. The van der Waals surface area contributed by atoms with E-state index >= 15 is 0 Å². The number of benzene rings is 1. The number of hydrogen-bond donors (Lipinski definition) is 1. The standard InChI is InChI=1S/C14H17N3O/c1-3-11-6-4-5-7-13(11)18-14-16-10(2)8-12(9-15)17-14/h4-8H,3,9,15H2,1-2H3. The van der Waals surface area contributed by atoms with E-state index in [1.165, 1.54) is 0 Å². The third kappa shape index (κ3) is 2.84. The minimum Gasteiger partial charge on any atom is -0.424 e. The lowest BCUT2D eigenvalue weighted by Gasteiger charge is -2.09. The summed E-state index contributed by atoms with van der Waals surface area (Å²) in [5.74, 6) is 0.800. The molecule has 2 rings (SSSR count). The highest BCUT2D eigenvalue weighted by Crippen LogP contribution is 2.23. The van der Waals surface area contributed by atoms with E-state index in [9.17, 15) is 0 Å². The highest BCUT2D eigenvalue weighted by molar-refractivity contribution is 5.35. The number of ether oxygens (including phenoxy) is 1. The number of rotatable bonds is 4. The van der Waals surface area contributed by atoms with E-state index in [4.69, 9.17) is 10.5 Å². The molecule has 0 amide bonds. The first-order valence-electron chi connectivity index (χ1n) is 6.03. The van der Waals surface area contributed by atoms with Crippen LogP contribution in [0.4, 0.5) is 0 Å². The maximum atomic E-state index is 5.75. The molecule has 1 aromatic heterocycles. The van der Waals surface area contributed by atoms with Gasteiger partial charge >= 0.3 is 6.01 Å². The Balaban J connectivity index is 2.30. The highest BCUT2D eigenvalue weighted by atomic mass is 16.5. The third-order valence-corrected chi connectivity index (χ3v) is 2.65. The molecule has 4 nitrogen and oxygen atoms in total. The van der Waals surface area contributed by atoms with E-state index in [2.05, 4.69) is 16.9 Å². The summed E-state index contributed by atoms with van der Waals surface area (Å²) in [5.41, 5.74) is 8.37. The van der Waals surface area contributed by atoms with Crippen LogP contribution >= 0.6 is 0 Å². The molecule has 0 aliphatic heterocycles. The Labute approximate surface area is 107 Å². The molecule has 0 fully saturated rings. The Morgan fingerprint density at radius 2 is 2.00 bits per heavy atom. The van der Waals surface area contributed by atoms with Crippen LogP contribution in [0.25, 0.3) is 0 Å². The van der Waals surface area contributed by atoms with Crippen molar-refractivity contribution in [1.82, 2.24) is 9.97 Å². The maximum Gasteiger partial charge on any atom is 0.322 e. The van der Waals surface area contributed by atoms with Crippen molar-refractivity contribution < 1.29 is 4.74 Å². The number of aryl methyl sites for hydroxylation is 2. The zero-order chi connectivity index (χ0) is 13.0. The molecule has 0 aliphatic rings. The lowest BCUT2D eigenvalue weighted by molar-refractivity contribution is 0.433. The van der Waals surface area contributed by atoms with E-state index in [1.54, 1.807) is 0 Å². The summed E-state index contributed by atoms with van der Waals surface area (Å²) in [5, 5.41) is 0. The Hall–Kier alpha value is -1.94. The maximum absolute atomic E-state index is 5.75. The van der Waals surface area contributed by atoms with Crippen molar-refractivity contribution in [2.24, 2.45) is 5.73 Å². The predicted octanol–water partition coefficient (Wildman–Crippen LogP) is 2.60. The van der Waals surface area contributed by atoms with Crippen LogP contribution in [0.5, 0.6) is 11.8 Å². The molecular formula is C14H17N3O. The van der Waals surface area contributed by atoms with Crippen LogP contribution in [-0.4, -0.2) is 9.97 Å². The fourth-order valence-electron chi connectivity index (χ4n) is 1.75. The van der Waals surface area contributed by atoms with Crippen LogP contribution in [0.3, 0.4) is 0 Å². The Bertz CT molecular complexity index is 540. The normalized spacial score (nSPS) is 10.4. The second-order valence-electron chi connectivity index (χ2n) is 4.05. The molecule has 0 unspecified atom stereocenters. The lowest BCUT2D eigenvalue weighted by Crippen LogP contribution is -2.04. The van der Waals surface area contributed by atoms with Crippen molar-refractivity contribution in [3.8, 4) is 11.8 Å². The van der Waals surface area contributed by atoms with Gasteiger partial charge in [-0.1, -0.05) is 25.1 Å².